The average Bonchev–Trinajstić information content (AvgIpc) is 3.18. The Morgan fingerprint density at radius 3 is 3.22 bits per heavy atom. The van der Waals surface area contributed by atoms with Crippen molar-refractivity contribution in [3.63, 3.8) is 0 Å². The standard InChI is InChI=1S/C15H18N4O3S/c1-2-21-11-6-3-5-10(13(11)20)9-16-19-14(17-18-15(19)23)12-7-4-8-22-12/h3,5-6,9,12,20H,2,4,7-8H2,1H3,(H,18,23)/b16-9+/t12-/m1/s1. The second-order valence-electron chi connectivity index (χ2n) is 5.07. The van der Waals surface area contributed by atoms with Crippen molar-refractivity contribution in [2.75, 3.05) is 13.2 Å². The molecule has 2 N–H and O–H groups in total. The third kappa shape index (κ3) is 3.27. The Kier molecular flexibility index (Phi) is 4.73. The molecular formula is C15H18N4O3S. The SMILES string of the molecule is CCOc1cccc(/C=N/n2c([C@H]3CCCO3)n[nH]c2=S)c1O. The van der Waals surface area contributed by atoms with Crippen LogP contribution in [0.15, 0.2) is 23.3 Å². The van der Waals surface area contributed by atoms with Crippen LogP contribution in [-0.2, 0) is 4.74 Å². The third-order valence-electron chi connectivity index (χ3n) is 3.54. The minimum absolute atomic E-state index is 0.0479. The van der Waals surface area contributed by atoms with Gasteiger partial charge in [-0.15, -0.1) is 0 Å². The van der Waals surface area contributed by atoms with E-state index in [0.29, 0.717) is 35.1 Å². The van der Waals surface area contributed by atoms with E-state index in [-0.39, 0.29) is 11.9 Å². The molecule has 1 aliphatic rings. The number of phenols is 1. The number of aromatic nitrogens is 3. The smallest absolute Gasteiger partial charge is 0.216 e. The molecule has 122 valence electrons. The summed E-state index contributed by atoms with van der Waals surface area (Å²) in [6.45, 7) is 3.05. The van der Waals surface area contributed by atoms with Crippen LogP contribution < -0.4 is 4.74 Å². The molecule has 1 aliphatic heterocycles. The summed E-state index contributed by atoms with van der Waals surface area (Å²) in [5, 5.41) is 21.5. The number of phenolic OH excluding ortho intramolecular Hbond substituents is 1. The predicted octanol–water partition coefficient (Wildman–Crippen LogP) is 2.78. The average molecular weight is 334 g/mol. The minimum atomic E-state index is -0.108. The number of nitrogens with one attached hydrogen (secondary N) is 1. The fourth-order valence-electron chi connectivity index (χ4n) is 2.44. The number of hydrogen-bond acceptors (Lipinski definition) is 6. The highest BCUT2D eigenvalue weighted by Crippen LogP contribution is 2.29. The molecule has 1 fully saturated rings. The van der Waals surface area contributed by atoms with E-state index in [1.807, 2.05) is 6.92 Å². The van der Waals surface area contributed by atoms with Gasteiger partial charge >= 0.3 is 0 Å². The zero-order chi connectivity index (χ0) is 16.2. The van der Waals surface area contributed by atoms with Crippen LogP contribution in [0, 0.1) is 4.77 Å². The van der Waals surface area contributed by atoms with Crippen LogP contribution in [0.3, 0.4) is 0 Å². The summed E-state index contributed by atoms with van der Waals surface area (Å²) < 4.78 is 12.9. The molecule has 1 atom stereocenters. The molecule has 8 heteroatoms. The van der Waals surface area contributed by atoms with E-state index < -0.39 is 0 Å². The van der Waals surface area contributed by atoms with Crippen molar-refractivity contribution in [2.45, 2.75) is 25.9 Å². The van der Waals surface area contributed by atoms with Gasteiger partial charge in [-0.3, -0.25) is 5.10 Å². The molecule has 1 aromatic carbocycles. The topological polar surface area (TPSA) is 84.7 Å². The summed E-state index contributed by atoms with van der Waals surface area (Å²) in [4.78, 5) is 0. The maximum Gasteiger partial charge on any atom is 0.216 e. The van der Waals surface area contributed by atoms with E-state index in [1.54, 1.807) is 18.2 Å². The van der Waals surface area contributed by atoms with Gasteiger partial charge in [0.15, 0.2) is 17.3 Å². The number of benzene rings is 1. The zero-order valence-electron chi connectivity index (χ0n) is 12.7. The maximum atomic E-state index is 10.2. The monoisotopic (exact) mass is 334 g/mol. The lowest BCUT2D eigenvalue weighted by atomic mass is 10.2. The van der Waals surface area contributed by atoms with Crippen molar-refractivity contribution in [1.29, 1.82) is 0 Å². The third-order valence-corrected chi connectivity index (χ3v) is 3.80. The fourth-order valence-corrected chi connectivity index (χ4v) is 2.63. The fraction of sp³-hybridized carbons (Fsp3) is 0.400. The van der Waals surface area contributed by atoms with Gasteiger partial charge in [-0.25, -0.2) is 0 Å². The molecule has 2 aromatic rings. The number of para-hydroxylation sites is 1. The highest BCUT2D eigenvalue weighted by molar-refractivity contribution is 7.71. The van der Waals surface area contributed by atoms with E-state index in [4.69, 9.17) is 21.7 Å². The molecule has 1 aromatic heterocycles. The van der Waals surface area contributed by atoms with E-state index in [9.17, 15) is 5.11 Å². The minimum Gasteiger partial charge on any atom is -0.504 e. The Balaban J connectivity index is 1.90. The summed E-state index contributed by atoms with van der Waals surface area (Å²) in [7, 11) is 0. The molecule has 1 saturated heterocycles. The van der Waals surface area contributed by atoms with Crippen LogP contribution in [0.5, 0.6) is 11.5 Å². The van der Waals surface area contributed by atoms with Crippen LogP contribution in [0.25, 0.3) is 0 Å². The Morgan fingerprint density at radius 1 is 1.61 bits per heavy atom. The van der Waals surface area contributed by atoms with Crippen molar-refractivity contribution in [3.05, 3.63) is 34.4 Å². The normalized spacial score (nSPS) is 17.9. The molecule has 0 unspecified atom stereocenters. The highest BCUT2D eigenvalue weighted by atomic mass is 32.1. The van der Waals surface area contributed by atoms with Gasteiger partial charge in [0.25, 0.3) is 0 Å². The molecule has 0 aliphatic carbocycles. The van der Waals surface area contributed by atoms with E-state index in [0.717, 1.165) is 12.8 Å². The van der Waals surface area contributed by atoms with Gasteiger partial charge in [0.2, 0.25) is 4.77 Å². The second kappa shape index (κ2) is 6.93. The largest absolute Gasteiger partial charge is 0.504 e. The molecule has 0 bridgehead atoms. The first-order chi connectivity index (χ1) is 11.2. The summed E-state index contributed by atoms with van der Waals surface area (Å²) >= 11 is 5.21. The Morgan fingerprint density at radius 2 is 2.48 bits per heavy atom. The van der Waals surface area contributed by atoms with Gasteiger partial charge in [0.1, 0.15) is 6.10 Å². The van der Waals surface area contributed by atoms with Gasteiger partial charge in [-0.05, 0) is 44.1 Å². The van der Waals surface area contributed by atoms with Crippen LogP contribution in [-0.4, -0.2) is 39.4 Å². The lowest BCUT2D eigenvalue weighted by Crippen LogP contribution is -2.05. The zero-order valence-corrected chi connectivity index (χ0v) is 13.5. The number of ether oxygens (including phenoxy) is 2. The number of nitrogens with zero attached hydrogens (tertiary/aromatic N) is 3. The lowest BCUT2D eigenvalue weighted by molar-refractivity contribution is 0.102. The number of H-pyrrole nitrogens is 1. The Bertz CT molecular complexity index is 762. The molecule has 2 heterocycles. The van der Waals surface area contributed by atoms with Crippen molar-refractivity contribution in [1.82, 2.24) is 14.9 Å². The van der Waals surface area contributed by atoms with E-state index in [2.05, 4.69) is 15.3 Å². The van der Waals surface area contributed by atoms with E-state index >= 15 is 0 Å². The van der Waals surface area contributed by atoms with Gasteiger partial charge in [0, 0.05) is 12.2 Å². The Labute approximate surface area is 138 Å². The molecule has 0 spiro atoms. The van der Waals surface area contributed by atoms with Crippen LogP contribution in [0.2, 0.25) is 0 Å². The van der Waals surface area contributed by atoms with Gasteiger partial charge in [-0.1, -0.05) is 6.07 Å². The number of hydrogen-bond donors (Lipinski definition) is 2. The summed E-state index contributed by atoms with van der Waals surface area (Å²) in [6.07, 6.45) is 3.30. The number of aromatic amines is 1. The summed E-state index contributed by atoms with van der Waals surface area (Å²) in [5.41, 5.74) is 0.539. The first kappa shape index (κ1) is 15.7. The quantitative estimate of drug-likeness (QED) is 0.649. The van der Waals surface area contributed by atoms with Crippen LogP contribution in [0.4, 0.5) is 0 Å². The molecule has 0 radical (unpaired) electrons. The summed E-state index contributed by atoms with van der Waals surface area (Å²) in [5.74, 6) is 1.11. The molecule has 0 amide bonds. The highest BCUT2D eigenvalue weighted by Gasteiger charge is 2.23. The van der Waals surface area contributed by atoms with Gasteiger partial charge in [0.05, 0.1) is 12.8 Å². The second-order valence-corrected chi connectivity index (χ2v) is 5.46. The molecule has 23 heavy (non-hydrogen) atoms. The van der Waals surface area contributed by atoms with Crippen molar-refractivity contribution < 1.29 is 14.6 Å². The van der Waals surface area contributed by atoms with Crippen molar-refractivity contribution in [2.24, 2.45) is 5.10 Å². The lowest BCUT2D eigenvalue weighted by Gasteiger charge is -2.08. The molecule has 0 saturated carbocycles. The number of aromatic hydroxyl groups is 1. The van der Waals surface area contributed by atoms with E-state index in [1.165, 1.54) is 10.9 Å². The van der Waals surface area contributed by atoms with Gasteiger partial charge in [-0.2, -0.15) is 14.9 Å². The van der Waals surface area contributed by atoms with Gasteiger partial charge < -0.3 is 14.6 Å². The summed E-state index contributed by atoms with van der Waals surface area (Å²) in [6, 6.07) is 5.25. The first-order valence-corrected chi connectivity index (χ1v) is 7.89. The molecule has 7 nitrogen and oxygen atoms in total. The molecular weight excluding hydrogens is 316 g/mol. The predicted molar refractivity (Wildman–Crippen MR) is 87.6 cm³/mol. The van der Waals surface area contributed by atoms with Crippen LogP contribution >= 0.6 is 12.2 Å². The first-order valence-electron chi connectivity index (χ1n) is 7.48. The number of rotatable bonds is 5. The molecule has 3 rings (SSSR count). The maximum absolute atomic E-state index is 10.2. The van der Waals surface area contributed by atoms with Crippen molar-refractivity contribution >= 4 is 18.4 Å². The Hall–Kier alpha value is -2.19. The van der Waals surface area contributed by atoms with Crippen LogP contribution in [0.1, 0.15) is 37.3 Å². The van der Waals surface area contributed by atoms with Crippen molar-refractivity contribution in [3.8, 4) is 11.5 Å².